The van der Waals surface area contributed by atoms with Crippen LogP contribution in [0.4, 0.5) is 0 Å². The average Bonchev–Trinajstić information content (AvgIpc) is 3.35. The Morgan fingerprint density at radius 2 is 2.35 bits per heavy atom. The van der Waals surface area contributed by atoms with Crippen LogP contribution in [-0.4, -0.2) is 55.7 Å². The van der Waals surface area contributed by atoms with Crippen molar-refractivity contribution in [1.29, 1.82) is 0 Å². The standard InChI is InChI=1S/C19H28N4OS2/c1-4-20-19(23-10-8-15(11-23)12-24-3)21-9-7-16-5-6-18(26-16)17-13-25-14(2)22-17/h5-6,13,15H,4,7-12H2,1-3H3,(H,20,21). The quantitative estimate of drug-likeness (QED) is 0.577. The number of aromatic nitrogens is 1. The molecular weight excluding hydrogens is 364 g/mol. The molecule has 3 heterocycles. The van der Waals surface area contributed by atoms with Crippen molar-refractivity contribution in [3.8, 4) is 10.6 Å². The van der Waals surface area contributed by atoms with Crippen molar-refractivity contribution in [2.45, 2.75) is 26.7 Å². The molecule has 1 N–H and O–H groups in total. The lowest BCUT2D eigenvalue weighted by molar-refractivity contribution is 0.157. The van der Waals surface area contributed by atoms with Crippen LogP contribution in [0.1, 0.15) is 23.2 Å². The molecule has 3 rings (SSSR count). The van der Waals surface area contributed by atoms with E-state index in [4.69, 9.17) is 9.73 Å². The van der Waals surface area contributed by atoms with Crippen LogP contribution < -0.4 is 5.32 Å². The van der Waals surface area contributed by atoms with E-state index in [0.717, 1.165) is 55.9 Å². The van der Waals surface area contributed by atoms with Crippen LogP contribution in [0.25, 0.3) is 10.6 Å². The Morgan fingerprint density at radius 3 is 3.08 bits per heavy atom. The Balaban J connectivity index is 1.56. The number of guanidine groups is 1. The molecule has 0 saturated carbocycles. The number of nitrogens with zero attached hydrogens (tertiary/aromatic N) is 3. The predicted molar refractivity (Wildman–Crippen MR) is 111 cm³/mol. The Morgan fingerprint density at radius 1 is 1.46 bits per heavy atom. The summed E-state index contributed by atoms with van der Waals surface area (Å²) < 4.78 is 5.30. The molecule has 1 aliphatic rings. The van der Waals surface area contributed by atoms with Gasteiger partial charge in [0.1, 0.15) is 0 Å². The molecule has 7 heteroatoms. The van der Waals surface area contributed by atoms with Gasteiger partial charge in [0.05, 0.1) is 22.2 Å². The van der Waals surface area contributed by atoms with Crippen molar-refractivity contribution in [2.75, 3.05) is 39.9 Å². The molecule has 2 aromatic rings. The summed E-state index contributed by atoms with van der Waals surface area (Å²) in [7, 11) is 1.78. The maximum atomic E-state index is 5.30. The monoisotopic (exact) mass is 392 g/mol. The number of hydrogen-bond donors (Lipinski definition) is 1. The number of thiophene rings is 1. The summed E-state index contributed by atoms with van der Waals surface area (Å²) in [6.45, 7) is 8.82. The van der Waals surface area contributed by atoms with Gasteiger partial charge in [-0.1, -0.05) is 0 Å². The topological polar surface area (TPSA) is 49.8 Å². The van der Waals surface area contributed by atoms with E-state index in [1.165, 1.54) is 16.2 Å². The normalized spacial score (nSPS) is 17.9. The fraction of sp³-hybridized carbons (Fsp3) is 0.579. The number of rotatable bonds is 7. The minimum absolute atomic E-state index is 0.616. The summed E-state index contributed by atoms with van der Waals surface area (Å²) in [4.78, 5) is 14.4. The molecule has 142 valence electrons. The van der Waals surface area contributed by atoms with Crippen molar-refractivity contribution < 1.29 is 4.74 Å². The maximum Gasteiger partial charge on any atom is 0.193 e. The summed E-state index contributed by atoms with van der Waals surface area (Å²) in [6.07, 6.45) is 2.15. The van der Waals surface area contributed by atoms with Crippen LogP contribution >= 0.6 is 22.7 Å². The summed E-state index contributed by atoms with van der Waals surface area (Å²) >= 11 is 3.53. The first-order valence-electron chi connectivity index (χ1n) is 9.23. The largest absolute Gasteiger partial charge is 0.384 e. The molecule has 1 saturated heterocycles. The van der Waals surface area contributed by atoms with Crippen molar-refractivity contribution in [2.24, 2.45) is 10.9 Å². The fourth-order valence-electron chi connectivity index (χ4n) is 3.22. The zero-order valence-corrected chi connectivity index (χ0v) is 17.5. The van der Waals surface area contributed by atoms with Crippen LogP contribution in [0.15, 0.2) is 22.5 Å². The summed E-state index contributed by atoms with van der Waals surface area (Å²) in [5.74, 6) is 1.66. The number of aryl methyl sites for hydroxylation is 1. The molecule has 0 spiro atoms. The minimum Gasteiger partial charge on any atom is -0.384 e. The molecule has 1 aliphatic heterocycles. The SMILES string of the molecule is CCNC(=NCCc1ccc(-c2csc(C)n2)s1)N1CCC(COC)C1. The molecule has 0 amide bonds. The molecule has 1 fully saturated rings. The van der Waals surface area contributed by atoms with Crippen molar-refractivity contribution in [1.82, 2.24) is 15.2 Å². The Hall–Kier alpha value is -1.44. The van der Waals surface area contributed by atoms with Crippen LogP contribution in [0.5, 0.6) is 0 Å². The number of methoxy groups -OCH3 is 1. The van der Waals surface area contributed by atoms with Gasteiger partial charge >= 0.3 is 0 Å². The van der Waals surface area contributed by atoms with E-state index in [-0.39, 0.29) is 0 Å². The average molecular weight is 393 g/mol. The highest BCUT2D eigenvalue weighted by Crippen LogP contribution is 2.29. The van der Waals surface area contributed by atoms with E-state index in [0.29, 0.717) is 5.92 Å². The molecule has 0 aromatic carbocycles. The van der Waals surface area contributed by atoms with E-state index in [1.807, 2.05) is 11.3 Å². The lowest BCUT2D eigenvalue weighted by Gasteiger charge is -2.21. The third-order valence-electron chi connectivity index (χ3n) is 4.48. The Bertz CT molecular complexity index is 725. The van der Waals surface area contributed by atoms with Crippen molar-refractivity contribution >= 4 is 28.6 Å². The second-order valence-corrected chi connectivity index (χ2v) is 8.79. The van der Waals surface area contributed by atoms with Crippen LogP contribution in [0.3, 0.4) is 0 Å². The minimum atomic E-state index is 0.616. The van der Waals surface area contributed by atoms with E-state index in [9.17, 15) is 0 Å². The first-order valence-corrected chi connectivity index (χ1v) is 10.9. The van der Waals surface area contributed by atoms with E-state index in [2.05, 4.69) is 46.6 Å². The van der Waals surface area contributed by atoms with Gasteiger partial charge in [-0.3, -0.25) is 4.99 Å². The number of likely N-dealkylation sites (tertiary alicyclic amines) is 1. The molecule has 2 aromatic heterocycles. The van der Waals surface area contributed by atoms with E-state index >= 15 is 0 Å². The number of hydrogen-bond acceptors (Lipinski definition) is 5. The molecular formula is C19H28N4OS2. The second-order valence-electron chi connectivity index (χ2n) is 6.56. The molecule has 1 atom stereocenters. The van der Waals surface area contributed by atoms with Crippen LogP contribution in [-0.2, 0) is 11.2 Å². The first kappa shape index (κ1) is 19.3. The van der Waals surface area contributed by atoms with Crippen molar-refractivity contribution in [3.05, 3.63) is 27.4 Å². The third kappa shape index (κ3) is 5.05. The van der Waals surface area contributed by atoms with Crippen molar-refractivity contribution in [3.63, 3.8) is 0 Å². The summed E-state index contributed by atoms with van der Waals surface area (Å²) in [5, 5.41) is 6.69. The van der Waals surface area contributed by atoms with Gasteiger partial charge in [0.2, 0.25) is 0 Å². The number of nitrogens with one attached hydrogen (secondary N) is 1. The Kier molecular flexibility index (Phi) is 7.05. The maximum absolute atomic E-state index is 5.30. The number of aliphatic imine (C=N–C) groups is 1. The van der Waals surface area contributed by atoms with Gasteiger partial charge in [-0.25, -0.2) is 4.98 Å². The zero-order valence-electron chi connectivity index (χ0n) is 15.8. The van der Waals surface area contributed by atoms with Gasteiger partial charge in [-0.15, -0.1) is 22.7 Å². The van der Waals surface area contributed by atoms with E-state index in [1.54, 1.807) is 18.4 Å². The highest BCUT2D eigenvalue weighted by atomic mass is 32.1. The Labute approximate surface area is 164 Å². The van der Waals surface area contributed by atoms with Gasteiger partial charge < -0.3 is 15.0 Å². The second kappa shape index (κ2) is 9.48. The lowest BCUT2D eigenvalue weighted by Crippen LogP contribution is -2.40. The third-order valence-corrected chi connectivity index (χ3v) is 6.42. The van der Waals surface area contributed by atoms with E-state index < -0.39 is 0 Å². The predicted octanol–water partition coefficient (Wildman–Crippen LogP) is 3.66. The van der Waals surface area contributed by atoms with Gasteiger partial charge in [0.15, 0.2) is 5.96 Å². The smallest absolute Gasteiger partial charge is 0.193 e. The molecule has 0 radical (unpaired) electrons. The highest BCUT2D eigenvalue weighted by Gasteiger charge is 2.24. The lowest BCUT2D eigenvalue weighted by atomic mass is 10.1. The van der Waals surface area contributed by atoms with Crippen LogP contribution in [0.2, 0.25) is 0 Å². The van der Waals surface area contributed by atoms with Crippen LogP contribution in [0, 0.1) is 12.8 Å². The number of thiazole rings is 1. The highest BCUT2D eigenvalue weighted by molar-refractivity contribution is 7.16. The van der Waals surface area contributed by atoms with Gasteiger partial charge in [0, 0.05) is 55.9 Å². The molecule has 1 unspecified atom stereocenters. The zero-order chi connectivity index (χ0) is 18.4. The molecule has 26 heavy (non-hydrogen) atoms. The fourth-order valence-corrected chi connectivity index (χ4v) is 4.87. The molecule has 0 bridgehead atoms. The molecule has 5 nitrogen and oxygen atoms in total. The summed E-state index contributed by atoms with van der Waals surface area (Å²) in [5.41, 5.74) is 1.10. The van der Waals surface area contributed by atoms with Gasteiger partial charge in [-0.05, 0) is 32.4 Å². The summed E-state index contributed by atoms with van der Waals surface area (Å²) in [6, 6.07) is 4.39. The van der Waals surface area contributed by atoms with Gasteiger partial charge in [-0.2, -0.15) is 0 Å². The molecule has 0 aliphatic carbocycles. The number of ether oxygens (including phenoxy) is 1. The van der Waals surface area contributed by atoms with Gasteiger partial charge in [0.25, 0.3) is 0 Å². The first-order chi connectivity index (χ1) is 12.7.